The van der Waals surface area contributed by atoms with Crippen molar-refractivity contribution in [1.82, 2.24) is 5.32 Å². The maximum absolute atomic E-state index is 11.3. The monoisotopic (exact) mass is 243 g/mol. The molecular weight excluding hydrogens is 218 g/mol. The molecule has 1 unspecified atom stereocenters. The van der Waals surface area contributed by atoms with E-state index in [4.69, 9.17) is 4.74 Å². The molecule has 100 valence electrons. The molecule has 0 aromatic carbocycles. The van der Waals surface area contributed by atoms with E-state index < -0.39 is 0 Å². The summed E-state index contributed by atoms with van der Waals surface area (Å²) < 4.78 is 5.10. The summed E-state index contributed by atoms with van der Waals surface area (Å²) in [6, 6.07) is 0. The third-order valence-corrected chi connectivity index (χ3v) is 3.45. The first-order chi connectivity index (χ1) is 7.91. The van der Waals surface area contributed by atoms with Gasteiger partial charge in [0, 0.05) is 25.3 Å². The molecule has 0 aliphatic rings. The highest BCUT2D eigenvalue weighted by Crippen LogP contribution is 2.28. The van der Waals surface area contributed by atoms with Crippen molar-refractivity contribution in [2.45, 2.75) is 59.4 Å². The van der Waals surface area contributed by atoms with Gasteiger partial charge in [-0.3, -0.25) is 9.59 Å². The highest BCUT2D eigenvalue weighted by atomic mass is 16.5. The highest BCUT2D eigenvalue weighted by Gasteiger charge is 2.35. The minimum Gasteiger partial charge on any atom is -0.465 e. The lowest BCUT2D eigenvalue weighted by Crippen LogP contribution is -2.53. The van der Waals surface area contributed by atoms with Crippen LogP contribution in [0.1, 0.15) is 53.9 Å². The largest absolute Gasteiger partial charge is 0.465 e. The predicted octanol–water partition coefficient (Wildman–Crippen LogP) is 2.27. The van der Waals surface area contributed by atoms with Gasteiger partial charge in [-0.1, -0.05) is 20.8 Å². The number of carbonyl (C=O) groups excluding carboxylic acids is 2. The lowest BCUT2D eigenvalue weighted by molar-refractivity contribution is -0.143. The average Bonchev–Trinajstić information content (AvgIpc) is 2.27. The van der Waals surface area contributed by atoms with Crippen LogP contribution in [-0.4, -0.2) is 24.0 Å². The lowest BCUT2D eigenvalue weighted by Gasteiger charge is -2.39. The van der Waals surface area contributed by atoms with Gasteiger partial charge in [0.25, 0.3) is 0 Å². The van der Waals surface area contributed by atoms with E-state index in [1.807, 2.05) is 0 Å². The van der Waals surface area contributed by atoms with E-state index in [1.54, 1.807) is 0 Å². The van der Waals surface area contributed by atoms with E-state index in [9.17, 15) is 9.59 Å². The topological polar surface area (TPSA) is 55.4 Å². The van der Waals surface area contributed by atoms with Gasteiger partial charge in [0.05, 0.1) is 6.61 Å². The molecule has 0 rings (SSSR count). The predicted molar refractivity (Wildman–Crippen MR) is 67.5 cm³/mol. The van der Waals surface area contributed by atoms with E-state index in [0.29, 0.717) is 6.61 Å². The van der Waals surface area contributed by atoms with E-state index in [1.165, 1.54) is 13.8 Å². The molecule has 4 heteroatoms. The summed E-state index contributed by atoms with van der Waals surface area (Å²) in [5.74, 6) is -0.146. The molecule has 0 heterocycles. The minimum atomic E-state index is -0.271. The Morgan fingerprint density at radius 3 is 2.00 bits per heavy atom. The summed E-state index contributed by atoms with van der Waals surface area (Å²) >= 11 is 0. The average molecular weight is 243 g/mol. The molecule has 0 aromatic rings. The van der Waals surface area contributed by atoms with Crippen LogP contribution in [0.5, 0.6) is 0 Å². The Balaban J connectivity index is 4.82. The molecule has 1 amide bonds. The summed E-state index contributed by atoms with van der Waals surface area (Å²) in [5, 5.41) is 3.04. The van der Waals surface area contributed by atoms with Crippen molar-refractivity contribution in [2.24, 2.45) is 5.92 Å². The standard InChI is InChI=1S/C13H25NO3/c1-6-12(9-17-11(5)16)13(7-2,8-3)14-10(4)15/h12H,6-9H2,1-5H3,(H,14,15). The zero-order valence-electron chi connectivity index (χ0n) is 11.6. The van der Waals surface area contributed by atoms with Gasteiger partial charge >= 0.3 is 5.97 Å². The van der Waals surface area contributed by atoms with Crippen molar-refractivity contribution >= 4 is 11.9 Å². The fourth-order valence-corrected chi connectivity index (χ4v) is 2.34. The van der Waals surface area contributed by atoms with Gasteiger partial charge in [0.15, 0.2) is 0 Å². The zero-order valence-corrected chi connectivity index (χ0v) is 11.6. The molecule has 0 aromatic heterocycles. The van der Waals surface area contributed by atoms with Gasteiger partial charge in [-0.25, -0.2) is 0 Å². The second-order valence-electron chi connectivity index (χ2n) is 4.45. The maximum Gasteiger partial charge on any atom is 0.302 e. The number of carbonyl (C=O) groups is 2. The summed E-state index contributed by atoms with van der Waals surface area (Å²) in [6.45, 7) is 9.46. The number of hydrogen-bond acceptors (Lipinski definition) is 3. The first-order valence-electron chi connectivity index (χ1n) is 6.33. The molecule has 4 nitrogen and oxygen atoms in total. The van der Waals surface area contributed by atoms with Crippen molar-refractivity contribution in [3.8, 4) is 0 Å². The second kappa shape index (κ2) is 7.30. The number of amides is 1. The molecule has 0 saturated carbocycles. The van der Waals surface area contributed by atoms with Crippen LogP contribution >= 0.6 is 0 Å². The van der Waals surface area contributed by atoms with E-state index in [2.05, 4.69) is 26.1 Å². The number of hydrogen-bond donors (Lipinski definition) is 1. The van der Waals surface area contributed by atoms with E-state index >= 15 is 0 Å². The molecule has 17 heavy (non-hydrogen) atoms. The van der Waals surface area contributed by atoms with Crippen LogP contribution in [0, 0.1) is 5.92 Å². The van der Waals surface area contributed by atoms with Crippen LogP contribution in [0.2, 0.25) is 0 Å². The third-order valence-electron chi connectivity index (χ3n) is 3.45. The molecule has 0 aliphatic carbocycles. The Labute approximate surface area is 104 Å². The number of nitrogens with one attached hydrogen (secondary N) is 1. The number of esters is 1. The van der Waals surface area contributed by atoms with Crippen molar-refractivity contribution in [3.05, 3.63) is 0 Å². The SMILES string of the molecule is CCC(COC(C)=O)C(CC)(CC)NC(C)=O. The van der Waals surface area contributed by atoms with Crippen molar-refractivity contribution < 1.29 is 14.3 Å². The van der Waals surface area contributed by atoms with Crippen LogP contribution < -0.4 is 5.32 Å². The quantitative estimate of drug-likeness (QED) is 0.698. The molecule has 1 atom stereocenters. The summed E-state index contributed by atoms with van der Waals surface area (Å²) in [6.07, 6.45) is 2.54. The van der Waals surface area contributed by atoms with Gasteiger partial charge in [-0.05, 0) is 19.3 Å². The van der Waals surface area contributed by atoms with Gasteiger partial charge in [-0.15, -0.1) is 0 Å². The lowest BCUT2D eigenvalue weighted by atomic mass is 9.78. The Hall–Kier alpha value is -1.06. The molecular formula is C13H25NO3. The Morgan fingerprint density at radius 2 is 1.71 bits per heavy atom. The number of ether oxygens (including phenoxy) is 1. The third kappa shape index (κ3) is 4.75. The van der Waals surface area contributed by atoms with Crippen LogP contribution in [0.15, 0.2) is 0 Å². The fraction of sp³-hybridized carbons (Fsp3) is 0.846. The zero-order chi connectivity index (χ0) is 13.5. The van der Waals surface area contributed by atoms with Crippen molar-refractivity contribution in [3.63, 3.8) is 0 Å². The molecule has 1 N–H and O–H groups in total. The Kier molecular flexibility index (Phi) is 6.85. The molecule has 0 radical (unpaired) electrons. The Morgan fingerprint density at radius 1 is 1.18 bits per heavy atom. The van der Waals surface area contributed by atoms with Crippen LogP contribution in [0.4, 0.5) is 0 Å². The van der Waals surface area contributed by atoms with Gasteiger partial charge < -0.3 is 10.1 Å². The molecule has 0 spiro atoms. The van der Waals surface area contributed by atoms with Crippen molar-refractivity contribution in [2.75, 3.05) is 6.61 Å². The van der Waals surface area contributed by atoms with Crippen molar-refractivity contribution in [1.29, 1.82) is 0 Å². The molecule has 0 bridgehead atoms. The first-order valence-corrected chi connectivity index (χ1v) is 6.33. The minimum absolute atomic E-state index is 0.0324. The normalized spacial score (nSPS) is 13.0. The second-order valence-corrected chi connectivity index (χ2v) is 4.45. The molecule has 0 fully saturated rings. The highest BCUT2D eigenvalue weighted by molar-refractivity contribution is 5.73. The van der Waals surface area contributed by atoms with Crippen LogP contribution in [-0.2, 0) is 14.3 Å². The molecule has 0 aliphatic heterocycles. The van der Waals surface area contributed by atoms with Gasteiger partial charge in [0.2, 0.25) is 5.91 Å². The van der Waals surface area contributed by atoms with E-state index in [-0.39, 0.29) is 23.3 Å². The van der Waals surface area contributed by atoms with Gasteiger partial charge in [-0.2, -0.15) is 0 Å². The first kappa shape index (κ1) is 15.9. The fourth-order valence-electron chi connectivity index (χ4n) is 2.34. The smallest absolute Gasteiger partial charge is 0.302 e. The summed E-state index contributed by atoms with van der Waals surface area (Å²) in [4.78, 5) is 22.2. The summed E-state index contributed by atoms with van der Waals surface area (Å²) in [5.41, 5.74) is -0.268. The van der Waals surface area contributed by atoms with E-state index in [0.717, 1.165) is 19.3 Å². The van der Waals surface area contributed by atoms with Crippen LogP contribution in [0.25, 0.3) is 0 Å². The van der Waals surface area contributed by atoms with Crippen LogP contribution in [0.3, 0.4) is 0 Å². The maximum atomic E-state index is 11.3. The number of rotatable bonds is 7. The van der Waals surface area contributed by atoms with Gasteiger partial charge in [0.1, 0.15) is 0 Å². The Bertz CT molecular complexity index is 259. The summed E-state index contributed by atoms with van der Waals surface area (Å²) in [7, 11) is 0. The molecule has 0 saturated heterocycles.